The van der Waals surface area contributed by atoms with Crippen molar-refractivity contribution in [1.82, 2.24) is 5.16 Å². The Morgan fingerprint density at radius 2 is 2.10 bits per heavy atom. The highest BCUT2D eigenvalue weighted by molar-refractivity contribution is 5.46. The first-order valence-electron chi connectivity index (χ1n) is 3.34. The minimum Gasteiger partial charge on any atom is -0.394 e. The molecule has 1 rings (SSSR count). The van der Waals surface area contributed by atoms with Crippen molar-refractivity contribution in [3.8, 4) is 0 Å². The third-order valence-electron chi connectivity index (χ3n) is 1.46. The van der Waals surface area contributed by atoms with Gasteiger partial charge in [-0.2, -0.15) is 0 Å². The molecule has 1 aromatic heterocycles. The molecule has 0 spiro atoms. The number of rotatable bonds is 1. The molecule has 0 bridgehead atoms. The summed E-state index contributed by atoms with van der Waals surface area (Å²) in [5, 5.41) is 3.74. The maximum absolute atomic E-state index is 5.65. The van der Waals surface area contributed by atoms with E-state index >= 15 is 0 Å². The molecule has 0 atom stereocenters. The van der Waals surface area contributed by atoms with E-state index < -0.39 is 0 Å². The summed E-state index contributed by atoms with van der Waals surface area (Å²) in [4.78, 5) is 0. The summed E-state index contributed by atoms with van der Waals surface area (Å²) < 4.78 is 4.98. The lowest BCUT2D eigenvalue weighted by atomic mass is 10.1. The van der Waals surface area contributed by atoms with Gasteiger partial charge in [-0.05, 0) is 6.92 Å². The Morgan fingerprint density at radius 1 is 1.50 bits per heavy atom. The predicted octanol–water partition coefficient (Wildman–Crippen LogP) is 1.69. The molecule has 0 unspecified atom stereocenters. The Balaban J connectivity index is 3.05. The summed E-state index contributed by atoms with van der Waals surface area (Å²) in [6, 6.07) is 0. The average Bonchev–Trinajstić information content (AvgIpc) is 2.14. The summed E-state index contributed by atoms with van der Waals surface area (Å²) in [6.07, 6.45) is 0. The molecule has 0 radical (unpaired) electrons. The highest BCUT2D eigenvalue weighted by Gasteiger charge is 2.11. The summed E-state index contributed by atoms with van der Waals surface area (Å²) in [5.41, 5.74) is 7.12. The first-order valence-corrected chi connectivity index (χ1v) is 3.34. The molecule has 1 aromatic rings. The Bertz CT molecular complexity index is 228. The minimum absolute atomic E-state index is 0.321. The van der Waals surface area contributed by atoms with Crippen LogP contribution >= 0.6 is 0 Å². The van der Waals surface area contributed by atoms with Crippen LogP contribution in [0.25, 0.3) is 0 Å². The van der Waals surface area contributed by atoms with Gasteiger partial charge in [0, 0.05) is 5.92 Å². The molecule has 3 nitrogen and oxygen atoms in total. The fraction of sp³-hybridized carbons (Fsp3) is 0.571. The number of nitrogens with zero attached hydrogens (tertiary/aromatic N) is 1. The van der Waals surface area contributed by atoms with E-state index in [0.717, 1.165) is 11.5 Å². The predicted molar refractivity (Wildman–Crippen MR) is 39.7 cm³/mol. The molecule has 56 valence electrons. The molecule has 10 heavy (non-hydrogen) atoms. The van der Waals surface area contributed by atoms with E-state index in [0.29, 0.717) is 11.6 Å². The van der Waals surface area contributed by atoms with Crippen LogP contribution in [-0.4, -0.2) is 5.16 Å². The molecular weight excluding hydrogens is 128 g/mol. The molecule has 0 fully saturated rings. The van der Waals surface area contributed by atoms with Gasteiger partial charge in [-0.3, -0.25) is 0 Å². The van der Waals surface area contributed by atoms with Crippen LogP contribution in [0.1, 0.15) is 31.2 Å². The first-order chi connectivity index (χ1) is 4.63. The zero-order valence-electron chi connectivity index (χ0n) is 6.51. The van der Waals surface area contributed by atoms with Crippen molar-refractivity contribution in [2.24, 2.45) is 0 Å². The standard InChI is InChI=1S/C7H12N2O/c1-4(2)7-6(8)5(3)9-10-7/h4H,8H2,1-3H3. The van der Waals surface area contributed by atoms with Gasteiger partial charge in [-0.15, -0.1) is 0 Å². The fourth-order valence-electron chi connectivity index (χ4n) is 0.811. The molecule has 0 aliphatic rings. The van der Waals surface area contributed by atoms with Gasteiger partial charge in [-0.25, -0.2) is 0 Å². The Kier molecular flexibility index (Phi) is 1.66. The number of nitrogens with two attached hydrogens (primary N) is 1. The smallest absolute Gasteiger partial charge is 0.162 e. The van der Waals surface area contributed by atoms with Gasteiger partial charge < -0.3 is 10.3 Å². The maximum atomic E-state index is 5.65. The highest BCUT2D eigenvalue weighted by Crippen LogP contribution is 2.23. The normalized spacial score (nSPS) is 10.8. The van der Waals surface area contributed by atoms with Crippen LogP contribution < -0.4 is 5.73 Å². The second-order valence-electron chi connectivity index (χ2n) is 2.70. The van der Waals surface area contributed by atoms with E-state index in [2.05, 4.69) is 5.16 Å². The van der Waals surface area contributed by atoms with Gasteiger partial charge in [-0.1, -0.05) is 19.0 Å². The number of nitrogen functional groups attached to an aromatic ring is 1. The molecular formula is C7H12N2O. The van der Waals surface area contributed by atoms with Crippen LogP contribution in [0, 0.1) is 6.92 Å². The van der Waals surface area contributed by atoms with Crippen molar-refractivity contribution in [3.63, 3.8) is 0 Å². The van der Waals surface area contributed by atoms with Gasteiger partial charge in [0.05, 0.1) is 5.69 Å². The largest absolute Gasteiger partial charge is 0.394 e. The zero-order valence-corrected chi connectivity index (χ0v) is 6.51. The molecule has 1 heterocycles. The van der Waals surface area contributed by atoms with Gasteiger partial charge >= 0.3 is 0 Å². The summed E-state index contributed by atoms with van der Waals surface area (Å²) in [6.45, 7) is 5.89. The number of hydrogen-bond donors (Lipinski definition) is 1. The molecule has 0 aliphatic heterocycles. The quantitative estimate of drug-likeness (QED) is 0.645. The number of anilines is 1. The third kappa shape index (κ3) is 0.988. The monoisotopic (exact) mass is 140 g/mol. The zero-order chi connectivity index (χ0) is 7.72. The van der Waals surface area contributed by atoms with Crippen molar-refractivity contribution in [2.75, 3.05) is 5.73 Å². The second-order valence-corrected chi connectivity index (χ2v) is 2.70. The van der Waals surface area contributed by atoms with E-state index in [1.807, 2.05) is 20.8 Å². The lowest BCUT2D eigenvalue weighted by Gasteiger charge is -1.97. The number of hydrogen-bond acceptors (Lipinski definition) is 3. The third-order valence-corrected chi connectivity index (χ3v) is 1.46. The van der Waals surface area contributed by atoms with Crippen LogP contribution in [0.4, 0.5) is 5.69 Å². The lowest BCUT2D eigenvalue weighted by molar-refractivity contribution is 0.368. The first kappa shape index (κ1) is 7.12. The Morgan fingerprint density at radius 3 is 2.30 bits per heavy atom. The van der Waals surface area contributed by atoms with Crippen molar-refractivity contribution in [2.45, 2.75) is 26.7 Å². The Hall–Kier alpha value is -0.990. The summed E-state index contributed by atoms with van der Waals surface area (Å²) in [7, 11) is 0. The van der Waals surface area contributed by atoms with Crippen LogP contribution in [0.2, 0.25) is 0 Å². The van der Waals surface area contributed by atoms with Gasteiger partial charge in [0.2, 0.25) is 0 Å². The van der Waals surface area contributed by atoms with Crippen LogP contribution in [0.15, 0.2) is 4.52 Å². The molecule has 3 heteroatoms. The molecule has 2 N–H and O–H groups in total. The van der Waals surface area contributed by atoms with Gasteiger partial charge in [0.1, 0.15) is 5.69 Å². The van der Waals surface area contributed by atoms with E-state index in [4.69, 9.17) is 10.3 Å². The van der Waals surface area contributed by atoms with E-state index in [1.165, 1.54) is 0 Å². The van der Waals surface area contributed by atoms with E-state index in [-0.39, 0.29) is 0 Å². The molecule has 0 saturated carbocycles. The molecule has 0 amide bonds. The lowest BCUT2D eigenvalue weighted by Crippen LogP contribution is -1.92. The fourth-order valence-corrected chi connectivity index (χ4v) is 0.811. The number of aryl methyl sites for hydroxylation is 1. The van der Waals surface area contributed by atoms with Crippen LogP contribution in [-0.2, 0) is 0 Å². The topological polar surface area (TPSA) is 52.0 Å². The SMILES string of the molecule is Cc1noc(C(C)C)c1N. The molecule has 0 aromatic carbocycles. The van der Waals surface area contributed by atoms with Crippen LogP contribution in [0.3, 0.4) is 0 Å². The van der Waals surface area contributed by atoms with Gasteiger partial charge in [0.25, 0.3) is 0 Å². The molecule has 0 aliphatic carbocycles. The highest BCUT2D eigenvalue weighted by atomic mass is 16.5. The van der Waals surface area contributed by atoms with Crippen molar-refractivity contribution < 1.29 is 4.52 Å². The van der Waals surface area contributed by atoms with Crippen molar-refractivity contribution in [1.29, 1.82) is 0 Å². The van der Waals surface area contributed by atoms with Gasteiger partial charge in [0.15, 0.2) is 5.76 Å². The summed E-state index contributed by atoms with van der Waals surface area (Å²) in [5.74, 6) is 1.11. The summed E-state index contributed by atoms with van der Waals surface area (Å²) >= 11 is 0. The van der Waals surface area contributed by atoms with E-state index in [9.17, 15) is 0 Å². The Labute approximate surface area is 60.2 Å². The van der Waals surface area contributed by atoms with Crippen molar-refractivity contribution >= 4 is 5.69 Å². The number of aromatic nitrogens is 1. The minimum atomic E-state index is 0.321. The van der Waals surface area contributed by atoms with Crippen LogP contribution in [0.5, 0.6) is 0 Å². The average molecular weight is 140 g/mol. The van der Waals surface area contributed by atoms with E-state index in [1.54, 1.807) is 0 Å². The second kappa shape index (κ2) is 2.33. The molecule has 0 saturated heterocycles. The van der Waals surface area contributed by atoms with Crippen molar-refractivity contribution in [3.05, 3.63) is 11.5 Å². The maximum Gasteiger partial charge on any atom is 0.162 e.